The molecule has 5 N–H and O–H groups in total. The normalized spacial score (nSPS) is 26.7. The summed E-state index contributed by atoms with van der Waals surface area (Å²) in [6.45, 7) is 6.44. The van der Waals surface area contributed by atoms with Crippen LogP contribution in [-0.2, 0) is 4.79 Å². The summed E-state index contributed by atoms with van der Waals surface area (Å²) in [6, 6.07) is 0.580. The van der Waals surface area contributed by atoms with Gasteiger partial charge in [-0.1, -0.05) is 20.8 Å². The van der Waals surface area contributed by atoms with E-state index in [-0.39, 0.29) is 17.4 Å². The lowest BCUT2D eigenvalue weighted by atomic mass is 9.87. The number of hydrogen-bond donors (Lipinski definition) is 3. The van der Waals surface area contributed by atoms with Crippen LogP contribution in [0.1, 0.15) is 59.3 Å². The van der Waals surface area contributed by atoms with Gasteiger partial charge in [-0.3, -0.25) is 4.79 Å². The van der Waals surface area contributed by atoms with Crippen LogP contribution in [0.15, 0.2) is 0 Å². The number of rotatable bonds is 4. The Kier molecular flexibility index (Phi) is 5.60. The van der Waals surface area contributed by atoms with Crippen molar-refractivity contribution in [3.05, 3.63) is 0 Å². The molecule has 18 heavy (non-hydrogen) atoms. The number of amides is 1. The molecule has 0 aliphatic heterocycles. The molecule has 0 heterocycles. The topological polar surface area (TPSA) is 81.1 Å². The molecule has 4 heteroatoms. The zero-order chi connectivity index (χ0) is 13.8. The third kappa shape index (κ3) is 6.36. The fourth-order valence-corrected chi connectivity index (χ4v) is 2.65. The molecule has 1 aliphatic rings. The van der Waals surface area contributed by atoms with Gasteiger partial charge in [-0.05, 0) is 37.5 Å². The molecule has 0 spiro atoms. The fraction of sp³-hybridized carbons (Fsp3) is 0.929. The average Bonchev–Trinajstić information content (AvgIpc) is 2.18. The third-order valence-corrected chi connectivity index (χ3v) is 3.46. The Morgan fingerprint density at radius 3 is 2.33 bits per heavy atom. The van der Waals surface area contributed by atoms with Crippen LogP contribution in [0.3, 0.4) is 0 Å². The molecule has 1 fully saturated rings. The van der Waals surface area contributed by atoms with Gasteiger partial charge in [0.05, 0.1) is 0 Å². The van der Waals surface area contributed by atoms with E-state index in [0.29, 0.717) is 18.5 Å². The van der Waals surface area contributed by atoms with E-state index >= 15 is 0 Å². The van der Waals surface area contributed by atoms with Crippen molar-refractivity contribution >= 4 is 5.91 Å². The van der Waals surface area contributed by atoms with E-state index in [9.17, 15) is 4.79 Å². The van der Waals surface area contributed by atoms with Crippen LogP contribution in [-0.4, -0.2) is 24.0 Å². The number of carbonyl (C=O) groups excluding carboxylic acids is 1. The van der Waals surface area contributed by atoms with E-state index in [1.165, 1.54) is 0 Å². The number of nitrogens with one attached hydrogen (secondary N) is 1. The van der Waals surface area contributed by atoms with Crippen LogP contribution >= 0.6 is 0 Å². The largest absolute Gasteiger partial charge is 0.353 e. The van der Waals surface area contributed by atoms with E-state index in [4.69, 9.17) is 11.5 Å². The van der Waals surface area contributed by atoms with Gasteiger partial charge >= 0.3 is 0 Å². The highest BCUT2D eigenvalue weighted by atomic mass is 16.1. The Morgan fingerprint density at radius 2 is 1.83 bits per heavy atom. The molecule has 1 unspecified atom stereocenters. The smallest absolute Gasteiger partial charge is 0.221 e. The highest BCUT2D eigenvalue weighted by Gasteiger charge is 2.22. The van der Waals surface area contributed by atoms with Gasteiger partial charge in [0, 0.05) is 24.5 Å². The van der Waals surface area contributed by atoms with Gasteiger partial charge in [-0.2, -0.15) is 0 Å². The maximum Gasteiger partial charge on any atom is 0.221 e. The molecule has 1 atom stereocenters. The lowest BCUT2D eigenvalue weighted by Gasteiger charge is -2.28. The summed E-state index contributed by atoms with van der Waals surface area (Å²) >= 11 is 0. The molecule has 106 valence electrons. The first-order valence-corrected chi connectivity index (χ1v) is 7.07. The maximum atomic E-state index is 11.9. The van der Waals surface area contributed by atoms with E-state index in [2.05, 4.69) is 26.1 Å². The number of hydrogen-bond acceptors (Lipinski definition) is 3. The van der Waals surface area contributed by atoms with Gasteiger partial charge in [0.15, 0.2) is 0 Å². The zero-order valence-electron chi connectivity index (χ0n) is 12.0. The van der Waals surface area contributed by atoms with Crippen molar-refractivity contribution in [3.8, 4) is 0 Å². The Bertz CT molecular complexity index is 265. The quantitative estimate of drug-likeness (QED) is 0.712. The van der Waals surface area contributed by atoms with Crippen molar-refractivity contribution in [3.63, 3.8) is 0 Å². The monoisotopic (exact) mass is 255 g/mol. The molecular weight excluding hydrogens is 226 g/mol. The minimum atomic E-state index is -0.0455. The van der Waals surface area contributed by atoms with Crippen LogP contribution < -0.4 is 16.8 Å². The van der Waals surface area contributed by atoms with Crippen molar-refractivity contribution < 1.29 is 4.79 Å². The van der Waals surface area contributed by atoms with Crippen LogP contribution in [0.25, 0.3) is 0 Å². The predicted molar refractivity (Wildman–Crippen MR) is 75.0 cm³/mol. The molecule has 0 radical (unpaired) electrons. The molecule has 1 saturated carbocycles. The fourth-order valence-electron chi connectivity index (χ4n) is 2.65. The number of nitrogens with two attached hydrogens (primary N) is 2. The van der Waals surface area contributed by atoms with Crippen LogP contribution in [0.4, 0.5) is 0 Å². The summed E-state index contributed by atoms with van der Waals surface area (Å²) in [7, 11) is 0. The van der Waals surface area contributed by atoms with E-state index in [1.54, 1.807) is 0 Å². The SMILES string of the molecule is CC(C)(C)CC(N)CC(=O)NC1CCC(N)CC1. The second-order valence-corrected chi connectivity index (χ2v) is 6.91. The average molecular weight is 255 g/mol. The molecule has 0 saturated heterocycles. The molecule has 1 rings (SSSR count). The number of carbonyl (C=O) groups is 1. The van der Waals surface area contributed by atoms with Crippen LogP contribution in [0.2, 0.25) is 0 Å². The maximum absolute atomic E-state index is 11.9. The summed E-state index contributed by atoms with van der Waals surface area (Å²) in [5, 5.41) is 3.08. The van der Waals surface area contributed by atoms with Crippen LogP contribution in [0.5, 0.6) is 0 Å². The molecule has 0 aromatic heterocycles. The van der Waals surface area contributed by atoms with Crippen molar-refractivity contribution in [2.24, 2.45) is 16.9 Å². The molecule has 1 amide bonds. The zero-order valence-corrected chi connectivity index (χ0v) is 12.0. The van der Waals surface area contributed by atoms with Crippen LogP contribution in [0, 0.1) is 5.41 Å². The van der Waals surface area contributed by atoms with Crippen molar-refractivity contribution in [2.45, 2.75) is 77.4 Å². The van der Waals surface area contributed by atoms with Gasteiger partial charge in [0.1, 0.15) is 0 Å². The van der Waals surface area contributed by atoms with Gasteiger partial charge in [0.2, 0.25) is 5.91 Å². The van der Waals surface area contributed by atoms with Gasteiger partial charge in [0.25, 0.3) is 0 Å². The minimum Gasteiger partial charge on any atom is -0.353 e. The highest BCUT2D eigenvalue weighted by Crippen LogP contribution is 2.21. The summed E-state index contributed by atoms with van der Waals surface area (Å²) < 4.78 is 0. The summed E-state index contributed by atoms with van der Waals surface area (Å²) in [6.07, 6.45) is 5.33. The summed E-state index contributed by atoms with van der Waals surface area (Å²) in [5.74, 6) is 0.0900. The molecule has 0 aromatic carbocycles. The van der Waals surface area contributed by atoms with Gasteiger partial charge in [-0.15, -0.1) is 0 Å². The Morgan fingerprint density at radius 1 is 1.28 bits per heavy atom. The highest BCUT2D eigenvalue weighted by molar-refractivity contribution is 5.76. The van der Waals surface area contributed by atoms with Crippen molar-refractivity contribution in [2.75, 3.05) is 0 Å². The molecule has 1 aliphatic carbocycles. The molecule has 0 aromatic rings. The third-order valence-electron chi connectivity index (χ3n) is 3.46. The van der Waals surface area contributed by atoms with E-state index in [1.807, 2.05) is 0 Å². The second-order valence-electron chi connectivity index (χ2n) is 6.91. The van der Waals surface area contributed by atoms with Gasteiger partial charge < -0.3 is 16.8 Å². The lowest BCUT2D eigenvalue weighted by Crippen LogP contribution is -2.42. The molecule has 4 nitrogen and oxygen atoms in total. The standard InChI is InChI=1S/C14H29N3O/c1-14(2,3)9-11(16)8-13(18)17-12-6-4-10(15)5-7-12/h10-12H,4-9,15-16H2,1-3H3,(H,17,18). The Hall–Kier alpha value is -0.610. The predicted octanol–water partition coefficient (Wildman–Crippen LogP) is 1.53. The minimum absolute atomic E-state index is 0.0455. The summed E-state index contributed by atoms with van der Waals surface area (Å²) in [5.41, 5.74) is 12.0. The summed E-state index contributed by atoms with van der Waals surface area (Å²) in [4.78, 5) is 11.9. The lowest BCUT2D eigenvalue weighted by molar-refractivity contribution is -0.122. The Labute approximate surface area is 111 Å². The van der Waals surface area contributed by atoms with E-state index in [0.717, 1.165) is 32.1 Å². The molecular formula is C14H29N3O. The van der Waals surface area contributed by atoms with Crippen molar-refractivity contribution in [1.82, 2.24) is 5.32 Å². The second kappa shape index (κ2) is 6.53. The molecule has 0 bridgehead atoms. The first-order chi connectivity index (χ1) is 8.26. The van der Waals surface area contributed by atoms with E-state index < -0.39 is 0 Å². The Balaban J connectivity index is 2.25. The van der Waals surface area contributed by atoms with Crippen molar-refractivity contribution in [1.29, 1.82) is 0 Å². The first kappa shape index (κ1) is 15.4. The van der Waals surface area contributed by atoms with Gasteiger partial charge in [-0.25, -0.2) is 0 Å². The first-order valence-electron chi connectivity index (χ1n) is 7.07.